The Bertz CT molecular complexity index is 1160. The number of phenols is 1. The number of amides is 2. The van der Waals surface area contributed by atoms with Gasteiger partial charge >= 0.3 is 0 Å². The summed E-state index contributed by atoms with van der Waals surface area (Å²) < 4.78 is 27.9. The van der Waals surface area contributed by atoms with E-state index in [1.165, 1.54) is 19.2 Å². The summed E-state index contributed by atoms with van der Waals surface area (Å²) in [5, 5.41) is 16.4. The van der Waals surface area contributed by atoms with Crippen molar-refractivity contribution >= 4 is 23.2 Å². The van der Waals surface area contributed by atoms with E-state index in [1.54, 1.807) is 48.5 Å². The van der Waals surface area contributed by atoms with E-state index < -0.39 is 17.6 Å². The molecular formula is C27H28N2O8. The molecule has 0 spiro atoms. The quantitative estimate of drug-likeness (QED) is 0.455. The smallest absolute Gasteiger partial charge is 0.259 e. The van der Waals surface area contributed by atoms with Crippen molar-refractivity contribution in [3.63, 3.8) is 0 Å². The summed E-state index contributed by atoms with van der Waals surface area (Å²) in [7, 11) is 1.40. The number of hydrogen-bond donors (Lipinski definition) is 3. The topological polar surface area (TPSA) is 125 Å². The molecule has 3 aromatic carbocycles. The van der Waals surface area contributed by atoms with E-state index >= 15 is 0 Å². The van der Waals surface area contributed by atoms with Gasteiger partial charge in [-0.15, -0.1) is 0 Å². The molecule has 0 aliphatic carbocycles. The van der Waals surface area contributed by atoms with E-state index in [1.807, 2.05) is 0 Å². The van der Waals surface area contributed by atoms with E-state index in [0.717, 1.165) is 0 Å². The second kappa shape index (κ2) is 12.6. The Morgan fingerprint density at radius 2 is 1.14 bits per heavy atom. The number of anilines is 2. The minimum absolute atomic E-state index is 0.143. The lowest BCUT2D eigenvalue weighted by molar-refractivity contribution is 0.0275. The Kier molecular flexibility index (Phi) is 8.79. The van der Waals surface area contributed by atoms with Crippen LogP contribution in [0.5, 0.6) is 23.0 Å². The number of phenolic OH excluding ortho intramolecular Hbond substituents is 1. The molecule has 37 heavy (non-hydrogen) atoms. The third-order valence-corrected chi connectivity index (χ3v) is 5.42. The molecule has 2 amide bonds. The summed E-state index contributed by atoms with van der Waals surface area (Å²) in [6.07, 6.45) is 0. The standard InChI is InChI=1S/C27H28N2O8/c1-33-18-16-19-25(30)20(17-18)27(32)29-22-7-3-5-9-24(22)37-15-13-35-11-10-34-12-14-36-23-8-4-2-6-21(23)28-26(19)31/h2-9,16-17,30H,10-15H2,1H3,(H,28,31)(H,29,32). The van der Waals surface area contributed by atoms with Crippen LogP contribution in [0, 0.1) is 0 Å². The van der Waals surface area contributed by atoms with Gasteiger partial charge in [0.15, 0.2) is 0 Å². The Morgan fingerprint density at radius 3 is 1.59 bits per heavy atom. The Labute approximate surface area is 214 Å². The highest BCUT2D eigenvalue weighted by atomic mass is 16.6. The number of ether oxygens (including phenoxy) is 5. The largest absolute Gasteiger partial charge is 0.506 e. The molecule has 0 unspecified atom stereocenters. The summed E-state index contributed by atoms with van der Waals surface area (Å²) in [4.78, 5) is 26.4. The number of carbonyl (C=O) groups is 2. The molecule has 1 aliphatic rings. The van der Waals surface area contributed by atoms with Crippen LogP contribution < -0.4 is 24.8 Å². The van der Waals surface area contributed by atoms with Crippen molar-refractivity contribution in [2.75, 3.05) is 57.4 Å². The van der Waals surface area contributed by atoms with Crippen LogP contribution in [0.3, 0.4) is 0 Å². The molecule has 0 aromatic heterocycles. The molecule has 3 aromatic rings. The van der Waals surface area contributed by atoms with Crippen molar-refractivity contribution in [1.29, 1.82) is 0 Å². The minimum atomic E-state index is -0.649. The number of hydrogen-bond acceptors (Lipinski definition) is 8. The molecule has 10 nitrogen and oxygen atoms in total. The average molecular weight is 509 g/mol. The normalized spacial score (nSPS) is 15.4. The zero-order valence-electron chi connectivity index (χ0n) is 20.3. The monoisotopic (exact) mass is 508 g/mol. The predicted molar refractivity (Wildman–Crippen MR) is 136 cm³/mol. The number of aromatic hydroxyl groups is 1. The van der Waals surface area contributed by atoms with Crippen LogP contribution in [0.4, 0.5) is 11.4 Å². The third-order valence-electron chi connectivity index (χ3n) is 5.42. The molecule has 0 radical (unpaired) electrons. The lowest BCUT2D eigenvalue weighted by atomic mass is 10.1. The number of para-hydroxylation sites is 4. The fourth-order valence-corrected chi connectivity index (χ4v) is 3.59. The van der Waals surface area contributed by atoms with Crippen LogP contribution in [0.15, 0.2) is 60.7 Å². The van der Waals surface area contributed by atoms with E-state index in [9.17, 15) is 14.7 Å². The molecule has 194 valence electrons. The predicted octanol–water partition coefficient (Wildman–Crippen LogP) is 3.71. The van der Waals surface area contributed by atoms with Crippen LogP contribution in [-0.4, -0.2) is 63.7 Å². The fraction of sp³-hybridized carbons (Fsp3) is 0.259. The van der Waals surface area contributed by atoms with Gasteiger partial charge in [-0.3, -0.25) is 9.59 Å². The molecular weight excluding hydrogens is 480 g/mol. The number of carbonyl (C=O) groups excluding carboxylic acids is 2. The maximum absolute atomic E-state index is 13.2. The third kappa shape index (κ3) is 6.69. The van der Waals surface area contributed by atoms with Crippen molar-refractivity contribution in [2.45, 2.75) is 0 Å². The van der Waals surface area contributed by atoms with Gasteiger partial charge in [-0.25, -0.2) is 0 Å². The van der Waals surface area contributed by atoms with Gasteiger partial charge < -0.3 is 39.4 Å². The Balaban J connectivity index is 1.67. The van der Waals surface area contributed by atoms with Crippen LogP contribution in [-0.2, 0) is 9.47 Å². The van der Waals surface area contributed by atoms with Gasteiger partial charge in [0.1, 0.15) is 36.2 Å². The second-order valence-electron chi connectivity index (χ2n) is 7.89. The summed E-state index contributed by atoms with van der Waals surface area (Å²) >= 11 is 0. The van der Waals surface area contributed by atoms with E-state index in [-0.39, 0.29) is 30.1 Å². The first-order valence-corrected chi connectivity index (χ1v) is 11.7. The van der Waals surface area contributed by atoms with Crippen LogP contribution in [0.1, 0.15) is 20.7 Å². The highest BCUT2D eigenvalue weighted by molar-refractivity contribution is 6.13. The van der Waals surface area contributed by atoms with E-state index in [2.05, 4.69) is 10.6 Å². The number of nitrogens with one attached hydrogen (secondary N) is 2. The lowest BCUT2D eigenvalue weighted by Gasteiger charge is -2.16. The summed E-state index contributed by atoms with van der Waals surface area (Å²) in [6, 6.07) is 16.5. The SMILES string of the molecule is COc1cc2c(O)c(c1)C(=O)Nc1ccccc1OCCOCCOCCOc1ccccc1NC2=O. The second-order valence-corrected chi connectivity index (χ2v) is 7.89. The molecule has 1 heterocycles. The van der Waals surface area contributed by atoms with Crippen LogP contribution in [0.25, 0.3) is 0 Å². The molecule has 0 saturated heterocycles. The average Bonchev–Trinajstić information content (AvgIpc) is 2.91. The molecule has 0 saturated carbocycles. The molecule has 0 atom stereocenters. The van der Waals surface area contributed by atoms with Crippen LogP contribution >= 0.6 is 0 Å². The van der Waals surface area contributed by atoms with Crippen molar-refractivity contribution in [3.8, 4) is 23.0 Å². The maximum atomic E-state index is 13.2. The molecule has 4 rings (SSSR count). The van der Waals surface area contributed by atoms with Gasteiger partial charge in [-0.05, 0) is 36.4 Å². The lowest BCUT2D eigenvalue weighted by Crippen LogP contribution is -2.18. The summed E-state index contributed by atoms with van der Waals surface area (Å²) in [6.45, 7) is 1.91. The van der Waals surface area contributed by atoms with Gasteiger partial charge in [0.05, 0.1) is 56.0 Å². The van der Waals surface area contributed by atoms with Crippen LogP contribution in [0.2, 0.25) is 0 Å². The van der Waals surface area contributed by atoms with Crippen molar-refractivity contribution in [3.05, 3.63) is 71.8 Å². The first-order chi connectivity index (χ1) is 18.1. The zero-order valence-corrected chi connectivity index (χ0v) is 20.3. The Morgan fingerprint density at radius 1 is 0.703 bits per heavy atom. The van der Waals surface area contributed by atoms with E-state index in [4.69, 9.17) is 23.7 Å². The highest BCUT2D eigenvalue weighted by Gasteiger charge is 2.23. The zero-order chi connectivity index (χ0) is 26.0. The maximum Gasteiger partial charge on any atom is 0.259 e. The number of fused-ring (bicyclic) bond motifs is 4. The summed E-state index contributed by atoms with van der Waals surface area (Å²) in [5.74, 6) is -0.726. The molecule has 1 aliphatic heterocycles. The van der Waals surface area contributed by atoms with Gasteiger partial charge in [0.2, 0.25) is 0 Å². The number of methoxy groups -OCH3 is 1. The number of rotatable bonds is 1. The first kappa shape index (κ1) is 25.8. The van der Waals surface area contributed by atoms with Crippen molar-refractivity contribution in [2.24, 2.45) is 0 Å². The molecule has 3 N–H and O–H groups in total. The first-order valence-electron chi connectivity index (χ1n) is 11.7. The Hall–Kier alpha value is -4.28. The summed E-state index contributed by atoms with van der Waals surface area (Å²) in [5.41, 5.74) is 0.493. The van der Waals surface area contributed by atoms with E-state index in [0.29, 0.717) is 49.3 Å². The van der Waals surface area contributed by atoms with Gasteiger partial charge in [-0.2, -0.15) is 0 Å². The van der Waals surface area contributed by atoms with Gasteiger partial charge in [0, 0.05) is 0 Å². The molecule has 2 bridgehead atoms. The van der Waals surface area contributed by atoms with Crippen molar-refractivity contribution < 1.29 is 38.4 Å². The molecule has 0 fully saturated rings. The van der Waals surface area contributed by atoms with Gasteiger partial charge in [0.25, 0.3) is 11.8 Å². The van der Waals surface area contributed by atoms with Crippen molar-refractivity contribution in [1.82, 2.24) is 0 Å². The number of benzene rings is 3. The highest BCUT2D eigenvalue weighted by Crippen LogP contribution is 2.32. The van der Waals surface area contributed by atoms with Gasteiger partial charge in [-0.1, -0.05) is 24.3 Å². The molecule has 10 heteroatoms. The minimum Gasteiger partial charge on any atom is -0.506 e. The fourth-order valence-electron chi connectivity index (χ4n) is 3.59.